The Labute approximate surface area is 186 Å². The van der Waals surface area contributed by atoms with Gasteiger partial charge in [0.2, 0.25) is 0 Å². The number of rotatable bonds is 7. The molecule has 0 saturated heterocycles. The Morgan fingerprint density at radius 2 is 1.78 bits per heavy atom. The zero-order chi connectivity index (χ0) is 23.1. The summed E-state index contributed by atoms with van der Waals surface area (Å²) in [6.07, 6.45) is 2.49. The Hall–Kier alpha value is -3.82. The average Bonchev–Trinajstić information content (AvgIpc) is 3.16. The highest BCUT2D eigenvalue weighted by Gasteiger charge is 2.25. The first kappa shape index (κ1) is 22.9. The maximum atomic E-state index is 12.3. The second kappa shape index (κ2) is 9.99. The summed E-state index contributed by atoms with van der Waals surface area (Å²) < 4.78 is 12.0. The van der Waals surface area contributed by atoms with Crippen LogP contribution in [0, 0.1) is 0 Å². The minimum absolute atomic E-state index is 0.0153. The van der Waals surface area contributed by atoms with Crippen LogP contribution in [0.15, 0.2) is 48.8 Å². The number of anilines is 1. The van der Waals surface area contributed by atoms with Gasteiger partial charge in [-0.3, -0.25) is 10.1 Å². The van der Waals surface area contributed by atoms with Crippen LogP contribution in [0.2, 0.25) is 0 Å². The van der Waals surface area contributed by atoms with Crippen molar-refractivity contribution in [2.24, 2.45) is 0 Å². The Kier molecular flexibility index (Phi) is 7.14. The van der Waals surface area contributed by atoms with Crippen molar-refractivity contribution in [2.75, 3.05) is 5.32 Å². The molecule has 1 amide bonds. The molecule has 0 aliphatic carbocycles. The van der Waals surface area contributed by atoms with E-state index in [0.29, 0.717) is 5.82 Å². The molecule has 0 aliphatic rings. The monoisotopic (exact) mass is 438 g/mol. The molecule has 0 saturated carbocycles. The molecule has 1 N–H and O–H groups in total. The third-order valence-electron chi connectivity index (χ3n) is 4.13. The molecule has 2 aromatic heterocycles. The Balaban J connectivity index is 1.75. The fourth-order valence-corrected chi connectivity index (χ4v) is 2.82. The molecular weight excluding hydrogens is 412 g/mol. The maximum absolute atomic E-state index is 12.3. The number of aromatic nitrogens is 5. The number of amides is 1. The zero-order valence-corrected chi connectivity index (χ0v) is 18.5. The minimum Gasteiger partial charge on any atom is -0.460 e. The summed E-state index contributed by atoms with van der Waals surface area (Å²) in [5.41, 5.74) is 0.257. The molecule has 10 nitrogen and oxygen atoms in total. The van der Waals surface area contributed by atoms with Gasteiger partial charge in [-0.1, -0.05) is 37.3 Å². The molecule has 1 atom stereocenters. The Morgan fingerprint density at radius 1 is 1.09 bits per heavy atom. The summed E-state index contributed by atoms with van der Waals surface area (Å²) in [7, 11) is 0. The summed E-state index contributed by atoms with van der Waals surface area (Å²) in [5.74, 6) is -0.0685. The highest BCUT2D eigenvalue weighted by atomic mass is 16.6. The molecule has 2 heterocycles. The van der Waals surface area contributed by atoms with Crippen molar-refractivity contribution in [1.29, 1.82) is 0 Å². The number of nitrogens with zero attached hydrogens (tertiary/aromatic N) is 5. The fourth-order valence-electron chi connectivity index (χ4n) is 2.82. The molecule has 0 aliphatic heterocycles. The van der Waals surface area contributed by atoms with Gasteiger partial charge in [0.15, 0.2) is 0 Å². The molecule has 3 aromatic rings. The van der Waals surface area contributed by atoms with E-state index < -0.39 is 11.7 Å². The van der Waals surface area contributed by atoms with E-state index in [1.807, 2.05) is 37.3 Å². The lowest BCUT2D eigenvalue weighted by atomic mass is 10.1. The number of ether oxygens (including phenoxy) is 2. The van der Waals surface area contributed by atoms with E-state index in [4.69, 9.17) is 9.47 Å². The molecule has 0 unspecified atom stereocenters. The van der Waals surface area contributed by atoms with Crippen LogP contribution in [-0.2, 0) is 20.9 Å². The van der Waals surface area contributed by atoms with Gasteiger partial charge in [0.05, 0.1) is 6.42 Å². The first-order valence-corrected chi connectivity index (χ1v) is 10.1. The third kappa shape index (κ3) is 6.59. The van der Waals surface area contributed by atoms with Crippen molar-refractivity contribution < 1.29 is 19.1 Å². The van der Waals surface area contributed by atoms with E-state index in [-0.39, 0.29) is 36.8 Å². The maximum Gasteiger partial charge on any atom is 0.414 e. The smallest absolute Gasteiger partial charge is 0.414 e. The SMILES string of the molecule is C[C@H](CC(=O)OC(C)(C)C)c1nc(NC(=O)OCc2ccccc2)nn1-c1ncccn1. The van der Waals surface area contributed by atoms with Crippen molar-refractivity contribution in [3.05, 3.63) is 60.2 Å². The molecule has 3 rings (SSSR count). The first-order valence-electron chi connectivity index (χ1n) is 10.1. The van der Waals surface area contributed by atoms with E-state index in [2.05, 4.69) is 25.4 Å². The van der Waals surface area contributed by atoms with Gasteiger partial charge in [-0.05, 0) is 32.4 Å². The number of benzene rings is 1. The predicted molar refractivity (Wildman–Crippen MR) is 116 cm³/mol. The standard InChI is InChI=1S/C22H26N6O4/c1-15(13-17(29)32-22(2,3)4)18-25-19(27-28(18)20-23-11-8-12-24-20)26-21(30)31-14-16-9-6-5-7-10-16/h5-12,15H,13-14H2,1-4H3,(H,26,27,30)/t15-/m1/s1. The number of esters is 1. The van der Waals surface area contributed by atoms with Crippen LogP contribution in [0.1, 0.15) is 51.4 Å². The number of hydrogen-bond donors (Lipinski definition) is 1. The van der Waals surface area contributed by atoms with E-state index >= 15 is 0 Å². The zero-order valence-electron chi connectivity index (χ0n) is 18.5. The van der Waals surface area contributed by atoms with Crippen LogP contribution in [0.4, 0.5) is 10.7 Å². The molecule has 0 fully saturated rings. The van der Waals surface area contributed by atoms with Gasteiger partial charge in [-0.15, -0.1) is 5.10 Å². The molecule has 168 valence electrons. The number of nitrogens with one attached hydrogen (secondary N) is 1. The second-order valence-electron chi connectivity index (χ2n) is 8.13. The minimum atomic E-state index is -0.702. The van der Waals surface area contributed by atoms with Crippen LogP contribution in [-0.4, -0.2) is 42.4 Å². The van der Waals surface area contributed by atoms with Gasteiger partial charge in [0.1, 0.15) is 18.0 Å². The van der Waals surface area contributed by atoms with Crippen LogP contribution in [0.25, 0.3) is 5.95 Å². The Morgan fingerprint density at radius 3 is 2.44 bits per heavy atom. The number of hydrogen-bond acceptors (Lipinski definition) is 8. The highest BCUT2D eigenvalue weighted by molar-refractivity contribution is 5.82. The molecule has 1 aromatic carbocycles. The van der Waals surface area contributed by atoms with Gasteiger partial charge < -0.3 is 9.47 Å². The molecule has 0 radical (unpaired) electrons. The molecule has 32 heavy (non-hydrogen) atoms. The van der Waals surface area contributed by atoms with E-state index in [9.17, 15) is 9.59 Å². The average molecular weight is 438 g/mol. The largest absolute Gasteiger partial charge is 0.460 e. The van der Waals surface area contributed by atoms with E-state index in [1.54, 1.807) is 39.2 Å². The number of carbonyl (C=O) groups excluding carboxylic acids is 2. The molecule has 10 heteroatoms. The van der Waals surface area contributed by atoms with Crippen LogP contribution in [0.3, 0.4) is 0 Å². The van der Waals surface area contributed by atoms with E-state index in [0.717, 1.165) is 5.56 Å². The van der Waals surface area contributed by atoms with Crippen molar-refractivity contribution in [2.45, 2.75) is 52.2 Å². The van der Waals surface area contributed by atoms with Crippen molar-refractivity contribution in [1.82, 2.24) is 24.7 Å². The Bertz CT molecular complexity index is 1050. The second-order valence-corrected chi connectivity index (χ2v) is 8.13. The summed E-state index contributed by atoms with van der Waals surface area (Å²) in [4.78, 5) is 37.3. The van der Waals surface area contributed by atoms with Gasteiger partial charge >= 0.3 is 12.1 Å². The van der Waals surface area contributed by atoms with Crippen LogP contribution >= 0.6 is 0 Å². The number of carbonyl (C=O) groups is 2. The predicted octanol–water partition coefficient (Wildman–Crippen LogP) is 3.64. The van der Waals surface area contributed by atoms with Gasteiger partial charge in [-0.25, -0.2) is 14.8 Å². The lowest BCUT2D eigenvalue weighted by molar-refractivity contribution is -0.155. The molecule has 0 bridgehead atoms. The lowest BCUT2D eigenvalue weighted by Crippen LogP contribution is -2.25. The summed E-state index contributed by atoms with van der Waals surface area (Å²) in [5, 5.41) is 6.81. The third-order valence-corrected chi connectivity index (χ3v) is 4.13. The van der Waals surface area contributed by atoms with Crippen molar-refractivity contribution >= 4 is 18.0 Å². The normalized spacial score (nSPS) is 12.1. The summed E-state index contributed by atoms with van der Waals surface area (Å²) in [6, 6.07) is 11.0. The fraction of sp³-hybridized carbons (Fsp3) is 0.364. The summed E-state index contributed by atoms with van der Waals surface area (Å²) >= 11 is 0. The molecule has 0 spiro atoms. The van der Waals surface area contributed by atoms with E-state index in [1.165, 1.54) is 4.68 Å². The molecular formula is C22H26N6O4. The van der Waals surface area contributed by atoms with Crippen molar-refractivity contribution in [3.8, 4) is 5.95 Å². The van der Waals surface area contributed by atoms with Gasteiger partial charge in [-0.2, -0.15) is 9.67 Å². The van der Waals surface area contributed by atoms with Gasteiger partial charge in [0, 0.05) is 18.3 Å². The van der Waals surface area contributed by atoms with Gasteiger partial charge in [0.25, 0.3) is 11.9 Å². The quantitative estimate of drug-likeness (QED) is 0.555. The van der Waals surface area contributed by atoms with Crippen molar-refractivity contribution in [3.63, 3.8) is 0 Å². The topological polar surface area (TPSA) is 121 Å². The van der Waals surface area contributed by atoms with Crippen LogP contribution in [0.5, 0.6) is 0 Å². The lowest BCUT2D eigenvalue weighted by Gasteiger charge is -2.20. The first-order chi connectivity index (χ1) is 15.2. The van der Waals surface area contributed by atoms with Crippen LogP contribution < -0.4 is 5.32 Å². The summed E-state index contributed by atoms with van der Waals surface area (Å²) in [6.45, 7) is 7.33. The highest BCUT2D eigenvalue weighted by Crippen LogP contribution is 2.23.